The van der Waals surface area contributed by atoms with Crippen LogP contribution in [0.25, 0.3) is 0 Å². The molecule has 1 N–H and O–H groups in total. The van der Waals surface area contributed by atoms with Crippen molar-refractivity contribution >= 4 is 27.7 Å². The molecule has 0 radical (unpaired) electrons. The van der Waals surface area contributed by atoms with Crippen molar-refractivity contribution in [1.29, 1.82) is 0 Å². The van der Waals surface area contributed by atoms with Gasteiger partial charge in [-0.1, -0.05) is 44.1 Å². The summed E-state index contributed by atoms with van der Waals surface area (Å²) in [4.78, 5) is 22.4. The molecule has 0 saturated heterocycles. The molecular formula is C16H21BrO3. The zero-order valence-electron chi connectivity index (χ0n) is 11.8. The zero-order chi connectivity index (χ0) is 15.0. The summed E-state index contributed by atoms with van der Waals surface area (Å²) in [7, 11) is 0. The Labute approximate surface area is 128 Å². The molecule has 1 rings (SSSR count). The van der Waals surface area contributed by atoms with Gasteiger partial charge >= 0.3 is 5.97 Å². The Kier molecular flexibility index (Phi) is 7.52. The largest absolute Gasteiger partial charge is 0.481 e. The third-order valence-electron chi connectivity index (χ3n) is 3.27. The van der Waals surface area contributed by atoms with Crippen molar-refractivity contribution in [3.8, 4) is 0 Å². The molecule has 0 bridgehead atoms. The van der Waals surface area contributed by atoms with Crippen molar-refractivity contribution in [2.45, 2.75) is 45.4 Å². The average Bonchev–Trinajstić information content (AvgIpc) is 2.67. The number of halogens is 1. The van der Waals surface area contributed by atoms with E-state index in [1.54, 1.807) is 0 Å². The molecule has 1 atom stereocenters. The predicted octanol–water partition coefficient (Wildman–Crippen LogP) is 4.39. The first-order chi connectivity index (χ1) is 9.56. The molecule has 1 aliphatic carbocycles. The standard InChI is InChI=1S/C16H21BrO3/c1-2-3-8-12-11-14(17)16(20)13(12)9-6-4-5-7-10-15(18)19/h4,6,9,11-12H,2-3,5,7-8,10H2,1H3,(H,18,19). The van der Waals surface area contributed by atoms with E-state index in [1.807, 2.05) is 24.3 Å². The molecule has 110 valence electrons. The number of carboxylic acids is 1. The Morgan fingerprint density at radius 1 is 1.45 bits per heavy atom. The van der Waals surface area contributed by atoms with E-state index in [0.29, 0.717) is 10.9 Å². The molecule has 0 aromatic carbocycles. The molecule has 4 heteroatoms. The first-order valence-electron chi connectivity index (χ1n) is 7.06. The van der Waals surface area contributed by atoms with Gasteiger partial charge in [-0.2, -0.15) is 0 Å². The van der Waals surface area contributed by atoms with Gasteiger partial charge in [-0.05, 0) is 35.2 Å². The Morgan fingerprint density at radius 2 is 2.20 bits per heavy atom. The molecule has 0 amide bonds. The van der Waals surface area contributed by atoms with E-state index in [4.69, 9.17) is 5.11 Å². The van der Waals surface area contributed by atoms with Gasteiger partial charge in [0.25, 0.3) is 0 Å². The summed E-state index contributed by atoms with van der Waals surface area (Å²) in [6.45, 7) is 2.14. The summed E-state index contributed by atoms with van der Waals surface area (Å²) in [5.74, 6) is -0.489. The molecule has 1 aliphatic rings. The van der Waals surface area contributed by atoms with Crippen LogP contribution in [0.2, 0.25) is 0 Å². The lowest BCUT2D eigenvalue weighted by molar-refractivity contribution is -0.137. The van der Waals surface area contributed by atoms with Crippen LogP contribution in [0.15, 0.2) is 34.4 Å². The van der Waals surface area contributed by atoms with E-state index < -0.39 is 5.97 Å². The maximum absolute atomic E-state index is 12.0. The van der Waals surface area contributed by atoms with Crippen molar-refractivity contribution in [2.75, 3.05) is 0 Å². The first-order valence-corrected chi connectivity index (χ1v) is 7.86. The number of Topliss-reactive ketones (excluding diaryl/α,β-unsaturated/α-hetero) is 1. The summed E-state index contributed by atoms with van der Waals surface area (Å²) in [6.07, 6.45) is 12.4. The summed E-state index contributed by atoms with van der Waals surface area (Å²) in [5, 5.41) is 8.53. The van der Waals surface area contributed by atoms with Crippen LogP contribution in [0.5, 0.6) is 0 Å². The Balaban J connectivity index is 2.53. The smallest absolute Gasteiger partial charge is 0.303 e. The van der Waals surface area contributed by atoms with E-state index in [1.165, 1.54) is 0 Å². The Morgan fingerprint density at radius 3 is 2.85 bits per heavy atom. The minimum absolute atomic E-state index is 0.0706. The second-order valence-electron chi connectivity index (χ2n) is 4.93. The molecule has 0 spiro atoms. The molecule has 0 aromatic heterocycles. The highest BCUT2D eigenvalue weighted by atomic mass is 79.9. The van der Waals surface area contributed by atoms with Crippen LogP contribution < -0.4 is 0 Å². The lowest BCUT2D eigenvalue weighted by Gasteiger charge is -2.08. The maximum Gasteiger partial charge on any atom is 0.303 e. The van der Waals surface area contributed by atoms with E-state index in [9.17, 15) is 9.59 Å². The highest BCUT2D eigenvalue weighted by Crippen LogP contribution is 2.33. The van der Waals surface area contributed by atoms with Gasteiger partial charge in [-0.15, -0.1) is 0 Å². The van der Waals surface area contributed by atoms with Crippen LogP contribution in [0.1, 0.15) is 45.4 Å². The molecule has 0 fully saturated rings. The van der Waals surface area contributed by atoms with E-state index in [2.05, 4.69) is 22.9 Å². The van der Waals surface area contributed by atoms with Gasteiger partial charge in [0.2, 0.25) is 0 Å². The van der Waals surface area contributed by atoms with Crippen LogP contribution in [0.4, 0.5) is 0 Å². The van der Waals surface area contributed by atoms with Gasteiger partial charge in [-0.25, -0.2) is 0 Å². The van der Waals surface area contributed by atoms with Crippen molar-refractivity contribution < 1.29 is 14.7 Å². The fraction of sp³-hybridized carbons (Fsp3) is 0.500. The second kappa shape index (κ2) is 8.90. The fourth-order valence-corrected chi connectivity index (χ4v) is 2.70. The first kappa shape index (κ1) is 16.9. The van der Waals surface area contributed by atoms with Gasteiger partial charge in [0, 0.05) is 17.9 Å². The van der Waals surface area contributed by atoms with E-state index in [0.717, 1.165) is 31.3 Å². The Hall–Kier alpha value is -1.16. The van der Waals surface area contributed by atoms with Crippen LogP contribution in [0, 0.1) is 5.92 Å². The number of aliphatic carboxylic acids is 1. The molecule has 3 nitrogen and oxygen atoms in total. The quantitative estimate of drug-likeness (QED) is 0.526. The van der Waals surface area contributed by atoms with Crippen molar-refractivity contribution in [3.63, 3.8) is 0 Å². The molecular weight excluding hydrogens is 320 g/mol. The third-order valence-corrected chi connectivity index (χ3v) is 3.89. The number of carbonyl (C=O) groups is 2. The topological polar surface area (TPSA) is 54.4 Å². The number of allylic oxidation sites excluding steroid dienone is 6. The molecule has 0 heterocycles. The number of carbonyl (C=O) groups excluding carboxylic acids is 1. The highest BCUT2D eigenvalue weighted by Gasteiger charge is 2.27. The highest BCUT2D eigenvalue weighted by molar-refractivity contribution is 9.12. The number of hydrogen-bond donors (Lipinski definition) is 1. The maximum atomic E-state index is 12.0. The van der Waals surface area contributed by atoms with Crippen molar-refractivity contribution in [1.82, 2.24) is 0 Å². The normalized spacial score (nSPS) is 20.9. The monoisotopic (exact) mass is 340 g/mol. The summed E-state index contributed by atoms with van der Waals surface area (Å²) < 4.78 is 0.657. The molecule has 0 saturated carbocycles. The van der Waals surface area contributed by atoms with Gasteiger partial charge in [0.05, 0.1) is 4.48 Å². The Bertz CT molecular complexity index is 447. The molecule has 0 aliphatic heterocycles. The molecule has 1 unspecified atom stereocenters. The van der Waals surface area contributed by atoms with Crippen LogP contribution in [-0.2, 0) is 9.59 Å². The SMILES string of the molecule is CCCCC1C=C(Br)C(=O)C1=CC=CCCCC(=O)O. The van der Waals surface area contributed by atoms with Crippen LogP contribution in [-0.4, -0.2) is 16.9 Å². The summed E-state index contributed by atoms with van der Waals surface area (Å²) >= 11 is 3.31. The molecule has 20 heavy (non-hydrogen) atoms. The fourth-order valence-electron chi connectivity index (χ4n) is 2.15. The van der Waals surface area contributed by atoms with Gasteiger partial charge in [0.1, 0.15) is 0 Å². The lowest BCUT2D eigenvalue weighted by Crippen LogP contribution is -2.03. The predicted molar refractivity (Wildman–Crippen MR) is 83.7 cm³/mol. The third kappa shape index (κ3) is 5.45. The van der Waals surface area contributed by atoms with E-state index in [-0.39, 0.29) is 18.1 Å². The minimum atomic E-state index is -0.768. The number of rotatable bonds is 8. The van der Waals surface area contributed by atoms with Crippen LogP contribution in [0.3, 0.4) is 0 Å². The summed E-state index contributed by atoms with van der Waals surface area (Å²) in [6, 6.07) is 0. The van der Waals surface area contributed by atoms with Crippen molar-refractivity contribution in [3.05, 3.63) is 34.4 Å². The van der Waals surface area contributed by atoms with Crippen LogP contribution >= 0.6 is 15.9 Å². The van der Waals surface area contributed by atoms with Gasteiger partial charge < -0.3 is 5.11 Å². The number of unbranched alkanes of at least 4 members (excludes halogenated alkanes) is 2. The van der Waals surface area contributed by atoms with Gasteiger partial charge in [0.15, 0.2) is 5.78 Å². The zero-order valence-corrected chi connectivity index (χ0v) is 13.4. The van der Waals surface area contributed by atoms with E-state index >= 15 is 0 Å². The minimum Gasteiger partial charge on any atom is -0.481 e. The molecule has 0 aromatic rings. The van der Waals surface area contributed by atoms with Crippen molar-refractivity contribution in [2.24, 2.45) is 5.92 Å². The number of carboxylic acid groups (broad SMARTS) is 1. The lowest BCUT2D eigenvalue weighted by atomic mass is 9.95. The number of ketones is 1. The second-order valence-corrected chi connectivity index (χ2v) is 5.78. The number of hydrogen-bond acceptors (Lipinski definition) is 2. The van der Waals surface area contributed by atoms with Gasteiger partial charge in [-0.3, -0.25) is 9.59 Å². The summed E-state index contributed by atoms with van der Waals surface area (Å²) in [5.41, 5.74) is 0.833. The average molecular weight is 341 g/mol.